The Hall–Kier alpha value is -1.62. The highest BCUT2D eigenvalue weighted by Gasteiger charge is 2.27. The molecule has 0 radical (unpaired) electrons. The Balaban J connectivity index is 2.27. The van der Waals surface area contributed by atoms with E-state index in [1.807, 2.05) is 0 Å². The quantitative estimate of drug-likeness (QED) is 0.880. The molecule has 0 saturated carbocycles. The zero-order valence-corrected chi connectivity index (χ0v) is 10.6. The van der Waals surface area contributed by atoms with Gasteiger partial charge in [0.05, 0.1) is 7.11 Å². The monoisotopic (exact) mass is 252 g/mol. The van der Waals surface area contributed by atoms with Gasteiger partial charge in [-0.05, 0) is 25.1 Å². The normalized spacial score (nSPS) is 18.7. The molecule has 1 fully saturated rings. The van der Waals surface area contributed by atoms with Crippen molar-refractivity contribution in [3.63, 3.8) is 0 Å². The summed E-state index contributed by atoms with van der Waals surface area (Å²) in [5.74, 6) is -0.603. The third-order valence-electron chi connectivity index (χ3n) is 3.31. The van der Waals surface area contributed by atoms with Gasteiger partial charge in [-0.25, -0.2) is 4.39 Å². The molecular formula is C13H17FN2O2. The average molecular weight is 252 g/mol. The number of rotatable bonds is 3. The molecule has 0 spiro atoms. The number of amides is 1. The average Bonchev–Trinajstić information content (AvgIpc) is 2.90. The molecule has 5 heteroatoms. The second kappa shape index (κ2) is 5.35. The molecule has 1 atom stereocenters. The van der Waals surface area contributed by atoms with Crippen LogP contribution in [0.1, 0.15) is 16.8 Å². The van der Waals surface area contributed by atoms with Gasteiger partial charge in [-0.1, -0.05) is 6.07 Å². The van der Waals surface area contributed by atoms with Crippen molar-refractivity contribution in [3.8, 4) is 5.75 Å². The van der Waals surface area contributed by atoms with Gasteiger partial charge in [0.2, 0.25) is 0 Å². The van der Waals surface area contributed by atoms with Gasteiger partial charge in [-0.15, -0.1) is 0 Å². The molecule has 2 rings (SSSR count). The Labute approximate surface area is 106 Å². The topological polar surface area (TPSA) is 41.6 Å². The fourth-order valence-corrected chi connectivity index (χ4v) is 2.19. The van der Waals surface area contributed by atoms with E-state index < -0.39 is 5.82 Å². The zero-order chi connectivity index (χ0) is 13.1. The Kier molecular flexibility index (Phi) is 3.81. The number of carbonyl (C=O) groups excluding carboxylic acids is 1. The van der Waals surface area contributed by atoms with Crippen molar-refractivity contribution in [1.29, 1.82) is 0 Å². The van der Waals surface area contributed by atoms with E-state index in [1.54, 1.807) is 18.0 Å². The number of halogens is 1. The van der Waals surface area contributed by atoms with E-state index in [4.69, 9.17) is 4.74 Å². The van der Waals surface area contributed by atoms with Gasteiger partial charge in [0.1, 0.15) is 17.1 Å². The summed E-state index contributed by atoms with van der Waals surface area (Å²) in [5.41, 5.74) is 0.00870. The van der Waals surface area contributed by atoms with Crippen LogP contribution in [0.2, 0.25) is 0 Å². The predicted octanol–water partition coefficient (Wildman–Crippen LogP) is 1.27. The Bertz CT molecular complexity index is 445. The first-order chi connectivity index (χ1) is 8.65. The van der Waals surface area contributed by atoms with Crippen molar-refractivity contribution < 1.29 is 13.9 Å². The predicted molar refractivity (Wildman–Crippen MR) is 66.3 cm³/mol. The smallest absolute Gasteiger partial charge is 0.260 e. The van der Waals surface area contributed by atoms with Crippen molar-refractivity contribution in [3.05, 3.63) is 29.6 Å². The number of likely N-dealkylation sites (N-methyl/N-ethyl adjacent to an activating group) is 1. The standard InChI is InChI=1S/C13H17FN2O2/c1-16(9-6-7-15-8-9)13(17)12-10(14)4-3-5-11(12)18-2/h3-5,9,15H,6-8H2,1-2H3. The van der Waals surface area contributed by atoms with Crippen LogP contribution < -0.4 is 10.1 Å². The van der Waals surface area contributed by atoms with Gasteiger partial charge in [0, 0.05) is 19.6 Å². The summed E-state index contributed by atoms with van der Waals surface area (Å²) >= 11 is 0. The van der Waals surface area contributed by atoms with Crippen molar-refractivity contribution in [2.75, 3.05) is 27.2 Å². The van der Waals surface area contributed by atoms with E-state index in [0.29, 0.717) is 0 Å². The maximum absolute atomic E-state index is 13.8. The molecule has 1 aliphatic rings. The van der Waals surface area contributed by atoms with Gasteiger partial charge < -0.3 is 15.0 Å². The zero-order valence-electron chi connectivity index (χ0n) is 10.6. The number of nitrogens with zero attached hydrogens (tertiary/aromatic N) is 1. The lowest BCUT2D eigenvalue weighted by molar-refractivity contribution is 0.0735. The lowest BCUT2D eigenvalue weighted by Crippen LogP contribution is -2.38. The summed E-state index contributed by atoms with van der Waals surface area (Å²) < 4.78 is 18.8. The van der Waals surface area contributed by atoms with Crippen molar-refractivity contribution in [2.24, 2.45) is 0 Å². The lowest BCUT2D eigenvalue weighted by Gasteiger charge is -2.24. The molecule has 0 aromatic heterocycles. The highest BCUT2D eigenvalue weighted by molar-refractivity contribution is 5.97. The van der Waals surface area contributed by atoms with E-state index in [1.165, 1.54) is 19.2 Å². The van der Waals surface area contributed by atoms with E-state index in [-0.39, 0.29) is 23.3 Å². The summed E-state index contributed by atoms with van der Waals surface area (Å²) in [4.78, 5) is 13.9. The third-order valence-corrected chi connectivity index (χ3v) is 3.31. The number of benzene rings is 1. The molecule has 1 aromatic carbocycles. The van der Waals surface area contributed by atoms with Gasteiger partial charge in [0.25, 0.3) is 5.91 Å². The van der Waals surface area contributed by atoms with E-state index in [2.05, 4.69) is 5.32 Å². The summed E-state index contributed by atoms with van der Waals surface area (Å²) in [5, 5.41) is 3.18. The molecule has 4 nitrogen and oxygen atoms in total. The van der Waals surface area contributed by atoms with Crippen LogP contribution >= 0.6 is 0 Å². The number of ether oxygens (including phenoxy) is 1. The first-order valence-corrected chi connectivity index (χ1v) is 5.95. The highest BCUT2D eigenvalue weighted by atomic mass is 19.1. The van der Waals surface area contributed by atoms with E-state index in [9.17, 15) is 9.18 Å². The molecule has 0 aliphatic carbocycles. The minimum absolute atomic E-state index is 0.00870. The van der Waals surface area contributed by atoms with Crippen molar-refractivity contribution in [2.45, 2.75) is 12.5 Å². The van der Waals surface area contributed by atoms with Crippen LogP contribution in [0.3, 0.4) is 0 Å². The Morgan fingerprint density at radius 1 is 1.56 bits per heavy atom. The summed E-state index contributed by atoms with van der Waals surface area (Å²) in [6.07, 6.45) is 0.888. The number of hydrogen-bond acceptors (Lipinski definition) is 3. The largest absolute Gasteiger partial charge is 0.496 e. The highest BCUT2D eigenvalue weighted by Crippen LogP contribution is 2.23. The molecule has 1 unspecified atom stereocenters. The number of nitrogens with one attached hydrogen (secondary N) is 1. The SMILES string of the molecule is COc1cccc(F)c1C(=O)N(C)C1CCNC1. The van der Waals surface area contributed by atoms with Crippen LogP contribution in [0.5, 0.6) is 5.75 Å². The maximum Gasteiger partial charge on any atom is 0.260 e. The molecule has 1 aliphatic heterocycles. The van der Waals surface area contributed by atoms with Crippen molar-refractivity contribution >= 4 is 5.91 Å². The molecular weight excluding hydrogens is 235 g/mol. The van der Waals surface area contributed by atoms with Crippen molar-refractivity contribution in [1.82, 2.24) is 10.2 Å². The molecule has 1 saturated heterocycles. The summed E-state index contributed by atoms with van der Waals surface area (Å²) in [7, 11) is 3.13. The van der Waals surface area contributed by atoms with Gasteiger partial charge in [-0.2, -0.15) is 0 Å². The van der Waals surface area contributed by atoms with Crippen LogP contribution in [0, 0.1) is 5.82 Å². The number of methoxy groups -OCH3 is 1. The van der Waals surface area contributed by atoms with Crippen LogP contribution in [0.15, 0.2) is 18.2 Å². The second-order valence-corrected chi connectivity index (χ2v) is 4.38. The number of hydrogen-bond donors (Lipinski definition) is 1. The minimum atomic E-state index is -0.544. The molecule has 98 valence electrons. The first kappa shape index (κ1) is 12.8. The number of carbonyl (C=O) groups is 1. The molecule has 18 heavy (non-hydrogen) atoms. The van der Waals surface area contributed by atoms with Crippen LogP contribution in [0.25, 0.3) is 0 Å². The van der Waals surface area contributed by atoms with Crippen LogP contribution in [-0.2, 0) is 0 Å². The molecule has 1 amide bonds. The third kappa shape index (κ3) is 2.31. The van der Waals surface area contributed by atoms with Gasteiger partial charge >= 0.3 is 0 Å². The fraction of sp³-hybridized carbons (Fsp3) is 0.462. The fourth-order valence-electron chi connectivity index (χ4n) is 2.19. The Morgan fingerprint density at radius 2 is 2.33 bits per heavy atom. The minimum Gasteiger partial charge on any atom is -0.496 e. The molecule has 1 aromatic rings. The lowest BCUT2D eigenvalue weighted by atomic mass is 10.1. The van der Waals surface area contributed by atoms with Crippen LogP contribution in [-0.4, -0.2) is 44.1 Å². The summed E-state index contributed by atoms with van der Waals surface area (Å²) in [6, 6.07) is 4.51. The van der Waals surface area contributed by atoms with E-state index >= 15 is 0 Å². The van der Waals surface area contributed by atoms with Gasteiger partial charge in [0.15, 0.2) is 0 Å². The maximum atomic E-state index is 13.8. The Morgan fingerprint density at radius 3 is 2.94 bits per heavy atom. The second-order valence-electron chi connectivity index (χ2n) is 4.38. The van der Waals surface area contributed by atoms with Crippen LogP contribution in [0.4, 0.5) is 4.39 Å². The molecule has 1 N–H and O–H groups in total. The first-order valence-electron chi connectivity index (χ1n) is 5.95. The molecule has 0 bridgehead atoms. The van der Waals surface area contributed by atoms with Gasteiger partial charge in [-0.3, -0.25) is 4.79 Å². The summed E-state index contributed by atoms with van der Waals surface area (Å²) in [6.45, 7) is 1.63. The van der Waals surface area contributed by atoms with E-state index in [0.717, 1.165) is 19.5 Å². The molecule has 1 heterocycles.